The van der Waals surface area contributed by atoms with E-state index in [9.17, 15) is 14.9 Å². The van der Waals surface area contributed by atoms with E-state index < -0.39 is 4.92 Å². The van der Waals surface area contributed by atoms with Crippen LogP contribution in [0, 0.1) is 10.1 Å². The molecule has 0 radical (unpaired) electrons. The van der Waals surface area contributed by atoms with Crippen LogP contribution < -0.4 is 10.3 Å². The molecule has 0 unspecified atom stereocenters. The number of aromatic nitrogens is 3. The number of nitro groups is 1. The van der Waals surface area contributed by atoms with Gasteiger partial charge >= 0.3 is 0 Å². The van der Waals surface area contributed by atoms with Gasteiger partial charge in [0.25, 0.3) is 11.2 Å². The molecule has 0 bridgehead atoms. The van der Waals surface area contributed by atoms with E-state index in [0.29, 0.717) is 33.6 Å². The van der Waals surface area contributed by atoms with E-state index in [1.807, 2.05) is 60.7 Å². The normalized spacial score (nSPS) is 11.6. The number of benzene rings is 4. The molecule has 7 rings (SSSR count). The fraction of sp³-hybridized carbons (Fsp3) is 0. The van der Waals surface area contributed by atoms with Crippen LogP contribution in [-0.4, -0.2) is 25.8 Å². The SMILES string of the molecule is O=c1c2ccccc2nc(-c2cc3cc(Br)ccc3o2)n1N=Cc1c(Oc2ccc([N+](=O)[O-])cn2)ccc2ccccc12. The Morgan fingerprint density at radius 3 is 2.56 bits per heavy atom. The van der Waals surface area contributed by atoms with Crippen LogP contribution in [0.25, 0.3) is 44.2 Å². The molecule has 0 aliphatic rings. The molecule has 0 N–H and O–H groups in total. The van der Waals surface area contributed by atoms with Crippen molar-refractivity contribution in [2.45, 2.75) is 0 Å². The summed E-state index contributed by atoms with van der Waals surface area (Å²) in [5, 5.41) is 18.7. The maximum Gasteiger partial charge on any atom is 0.287 e. The van der Waals surface area contributed by atoms with Gasteiger partial charge in [0.15, 0.2) is 5.76 Å². The van der Waals surface area contributed by atoms with Gasteiger partial charge in [0.2, 0.25) is 11.7 Å². The van der Waals surface area contributed by atoms with Gasteiger partial charge in [0.1, 0.15) is 17.5 Å². The smallest absolute Gasteiger partial charge is 0.287 e. The summed E-state index contributed by atoms with van der Waals surface area (Å²) in [7, 11) is 0. The molecule has 0 spiro atoms. The number of nitrogens with zero attached hydrogens (tertiary/aromatic N) is 5. The molecular weight excluding hydrogens is 614 g/mol. The number of rotatable bonds is 6. The maximum absolute atomic E-state index is 13.8. The van der Waals surface area contributed by atoms with Crippen molar-refractivity contribution in [1.82, 2.24) is 14.6 Å². The molecule has 10 nitrogen and oxygen atoms in total. The summed E-state index contributed by atoms with van der Waals surface area (Å²) >= 11 is 3.48. The molecule has 0 aliphatic heterocycles. The van der Waals surface area contributed by atoms with Gasteiger partial charge in [-0.3, -0.25) is 14.9 Å². The number of pyridine rings is 1. The lowest BCUT2D eigenvalue weighted by Gasteiger charge is -2.11. The van der Waals surface area contributed by atoms with Gasteiger partial charge in [0, 0.05) is 27.6 Å². The van der Waals surface area contributed by atoms with E-state index in [-0.39, 0.29) is 23.0 Å². The summed E-state index contributed by atoms with van der Waals surface area (Å²) in [6.07, 6.45) is 2.66. The molecule has 0 saturated heterocycles. The number of para-hydroxylation sites is 1. The van der Waals surface area contributed by atoms with Crippen LogP contribution in [0.3, 0.4) is 0 Å². The molecule has 11 heteroatoms. The van der Waals surface area contributed by atoms with E-state index in [4.69, 9.17) is 14.1 Å². The second-order valence-corrected chi connectivity index (χ2v) is 10.4. The standard InChI is InChI=1S/C32H18BrN5O5/c33-21-10-13-27-20(15-21)16-29(42-27)31-36-26-8-4-3-7-24(26)32(39)37(31)35-18-25-23-6-2-1-5-19(23)9-12-28(25)43-30-14-11-22(17-34-30)38(40)41/h1-18H. The highest BCUT2D eigenvalue weighted by Crippen LogP contribution is 2.32. The summed E-state index contributed by atoms with van der Waals surface area (Å²) in [6.45, 7) is 0. The van der Waals surface area contributed by atoms with Crippen molar-refractivity contribution in [3.05, 3.63) is 134 Å². The lowest BCUT2D eigenvalue weighted by molar-refractivity contribution is -0.385. The summed E-state index contributed by atoms with van der Waals surface area (Å²) in [4.78, 5) is 33.2. The highest BCUT2D eigenvalue weighted by Gasteiger charge is 2.18. The molecule has 0 aliphatic carbocycles. The molecule has 7 aromatic rings. The molecule has 0 fully saturated rings. The highest BCUT2D eigenvalue weighted by atomic mass is 79.9. The van der Waals surface area contributed by atoms with Gasteiger partial charge in [0.05, 0.1) is 22.0 Å². The zero-order chi connectivity index (χ0) is 29.5. The zero-order valence-electron chi connectivity index (χ0n) is 22.0. The number of halogens is 1. The molecule has 0 amide bonds. The Morgan fingerprint density at radius 1 is 0.930 bits per heavy atom. The number of ether oxygens (including phenoxy) is 1. The quantitative estimate of drug-likeness (QED) is 0.104. The predicted octanol–water partition coefficient (Wildman–Crippen LogP) is 7.70. The second kappa shape index (κ2) is 10.6. The summed E-state index contributed by atoms with van der Waals surface area (Å²) < 4.78 is 14.3. The van der Waals surface area contributed by atoms with Gasteiger partial charge in [-0.1, -0.05) is 58.4 Å². The molecule has 3 aromatic heterocycles. The first-order chi connectivity index (χ1) is 20.9. The topological polar surface area (TPSA) is 126 Å². The average molecular weight is 632 g/mol. The van der Waals surface area contributed by atoms with Crippen molar-refractivity contribution in [2.75, 3.05) is 0 Å². The highest BCUT2D eigenvalue weighted by molar-refractivity contribution is 9.10. The molecule has 0 saturated carbocycles. The van der Waals surface area contributed by atoms with Gasteiger partial charge in [-0.25, -0.2) is 9.97 Å². The van der Waals surface area contributed by atoms with Crippen LogP contribution in [0.1, 0.15) is 5.56 Å². The van der Waals surface area contributed by atoms with Crippen LogP contribution in [0.4, 0.5) is 5.69 Å². The minimum absolute atomic E-state index is 0.152. The van der Waals surface area contributed by atoms with Gasteiger partial charge < -0.3 is 9.15 Å². The van der Waals surface area contributed by atoms with Crippen molar-refractivity contribution in [3.63, 3.8) is 0 Å². The van der Waals surface area contributed by atoms with Crippen molar-refractivity contribution in [1.29, 1.82) is 0 Å². The Morgan fingerprint density at radius 2 is 1.74 bits per heavy atom. The fourth-order valence-electron chi connectivity index (χ4n) is 4.78. The Labute approximate surface area is 250 Å². The minimum atomic E-state index is -0.529. The minimum Gasteiger partial charge on any atom is -0.453 e. The molecule has 208 valence electrons. The second-order valence-electron chi connectivity index (χ2n) is 9.52. The average Bonchev–Trinajstić information content (AvgIpc) is 3.44. The van der Waals surface area contributed by atoms with Crippen molar-refractivity contribution < 1.29 is 14.1 Å². The lowest BCUT2D eigenvalue weighted by Crippen LogP contribution is -2.20. The van der Waals surface area contributed by atoms with Crippen LogP contribution in [0.2, 0.25) is 0 Å². The fourth-order valence-corrected chi connectivity index (χ4v) is 5.16. The van der Waals surface area contributed by atoms with Crippen LogP contribution in [-0.2, 0) is 0 Å². The first kappa shape index (κ1) is 26.2. The molecule has 0 atom stereocenters. The number of furan rings is 1. The Kier molecular flexibility index (Phi) is 6.48. The zero-order valence-corrected chi connectivity index (χ0v) is 23.6. The first-order valence-corrected chi connectivity index (χ1v) is 13.8. The third-order valence-electron chi connectivity index (χ3n) is 6.83. The van der Waals surface area contributed by atoms with Crippen molar-refractivity contribution in [2.24, 2.45) is 5.10 Å². The number of hydrogen-bond donors (Lipinski definition) is 0. The van der Waals surface area contributed by atoms with E-state index in [0.717, 1.165) is 26.8 Å². The Hall–Kier alpha value is -5.68. The monoisotopic (exact) mass is 631 g/mol. The largest absolute Gasteiger partial charge is 0.453 e. The third kappa shape index (κ3) is 4.91. The molecule has 43 heavy (non-hydrogen) atoms. The first-order valence-electron chi connectivity index (χ1n) is 13.0. The van der Waals surface area contributed by atoms with Crippen molar-refractivity contribution >= 4 is 60.5 Å². The Bertz CT molecular complexity index is 2290. The van der Waals surface area contributed by atoms with Gasteiger partial charge in [-0.15, -0.1) is 0 Å². The Balaban J connectivity index is 1.40. The summed E-state index contributed by atoms with van der Waals surface area (Å²) in [5.41, 5.74) is 1.18. The van der Waals surface area contributed by atoms with Crippen LogP contribution in [0.5, 0.6) is 11.6 Å². The third-order valence-corrected chi connectivity index (χ3v) is 7.32. The van der Waals surface area contributed by atoms with Gasteiger partial charge in [-0.2, -0.15) is 9.78 Å². The van der Waals surface area contributed by atoms with E-state index >= 15 is 0 Å². The number of fused-ring (bicyclic) bond motifs is 3. The van der Waals surface area contributed by atoms with E-state index in [1.165, 1.54) is 23.0 Å². The van der Waals surface area contributed by atoms with Gasteiger partial charge in [-0.05, 0) is 53.2 Å². The maximum atomic E-state index is 13.8. The molecule has 3 heterocycles. The van der Waals surface area contributed by atoms with E-state index in [1.54, 1.807) is 24.3 Å². The summed E-state index contributed by atoms with van der Waals surface area (Å²) in [6, 6.07) is 28.5. The summed E-state index contributed by atoms with van der Waals surface area (Å²) in [5.74, 6) is 1.15. The molecular formula is C32H18BrN5O5. The molecule has 4 aromatic carbocycles. The predicted molar refractivity (Wildman–Crippen MR) is 167 cm³/mol. The number of hydrogen-bond acceptors (Lipinski definition) is 8. The van der Waals surface area contributed by atoms with E-state index in [2.05, 4.69) is 26.0 Å². The van der Waals surface area contributed by atoms with Crippen LogP contribution >= 0.6 is 15.9 Å². The lowest BCUT2D eigenvalue weighted by atomic mass is 10.0. The van der Waals surface area contributed by atoms with Crippen LogP contribution in [0.15, 0.2) is 122 Å². The van der Waals surface area contributed by atoms with Crippen molar-refractivity contribution in [3.8, 4) is 23.2 Å².